The topological polar surface area (TPSA) is 67.4 Å². The van der Waals surface area contributed by atoms with Crippen LogP contribution >= 0.6 is 0 Å². The van der Waals surface area contributed by atoms with E-state index in [1.54, 1.807) is 24.3 Å². The molecule has 1 aliphatic heterocycles. The number of carbonyl (C=O) groups excluding carboxylic acids is 2. The van der Waals surface area contributed by atoms with E-state index in [0.29, 0.717) is 17.7 Å². The fourth-order valence-corrected chi connectivity index (χ4v) is 2.56. The van der Waals surface area contributed by atoms with Gasteiger partial charge in [0.25, 0.3) is 0 Å². The van der Waals surface area contributed by atoms with Crippen LogP contribution in [0.5, 0.6) is 0 Å². The number of amides is 1. The molecule has 0 bridgehead atoms. The van der Waals surface area contributed by atoms with Crippen LogP contribution in [0, 0.1) is 0 Å². The minimum atomic E-state index is -0.474. The fraction of sp³-hybridized carbons (Fsp3) is 0.176. The third-order valence-electron chi connectivity index (χ3n) is 3.68. The molecule has 2 aromatic rings. The number of esters is 1. The molecule has 22 heavy (non-hydrogen) atoms. The Kier molecular flexibility index (Phi) is 3.78. The zero-order chi connectivity index (χ0) is 15.5. The van der Waals surface area contributed by atoms with E-state index >= 15 is 0 Å². The van der Waals surface area contributed by atoms with E-state index in [-0.39, 0.29) is 11.9 Å². The van der Waals surface area contributed by atoms with Crippen molar-refractivity contribution in [3.63, 3.8) is 0 Å². The minimum Gasteiger partial charge on any atom is -0.465 e. The molecule has 0 aromatic heterocycles. The smallest absolute Gasteiger partial charge is 0.339 e. The molecule has 0 saturated heterocycles. The van der Waals surface area contributed by atoms with Gasteiger partial charge in [0.05, 0.1) is 18.4 Å². The highest BCUT2D eigenvalue weighted by Crippen LogP contribution is 2.26. The molecule has 0 saturated carbocycles. The van der Waals surface area contributed by atoms with Crippen LogP contribution < -0.4 is 10.6 Å². The average Bonchev–Trinajstić information content (AvgIpc) is 2.99. The van der Waals surface area contributed by atoms with E-state index in [9.17, 15) is 9.59 Å². The molecule has 1 amide bonds. The number of rotatable bonds is 3. The summed E-state index contributed by atoms with van der Waals surface area (Å²) in [5.41, 5.74) is 2.89. The fourth-order valence-electron chi connectivity index (χ4n) is 2.56. The molecule has 0 radical (unpaired) electrons. The molecule has 5 heteroatoms. The van der Waals surface area contributed by atoms with Crippen LogP contribution in [0.3, 0.4) is 0 Å². The Morgan fingerprint density at radius 3 is 2.64 bits per heavy atom. The zero-order valence-corrected chi connectivity index (χ0v) is 12.1. The van der Waals surface area contributed by atoms with Gasteiger partial charge in [-0.3, -0.25) is 4.79 Å². The number of ether oxygens (including phenoxy) is 1. The van der Waals surface area contributed by atoms with Crippen molar-refractivity contribution in [1.82, 2.24) is 0 Å². The Morgan fingerprint density at radius 2 is 1.86 bits per heavy atom. The summed E-state index contributed by atoms with van der Waals surface area (Å²) in [6.07, 6.45) is 0.627. The summed E-state index contributed by atoms with van der Waals surface area (Å²) in [6.45, 7) is 0. The van der Waals surface area contributed by atoms with E-state index < -0.39 is 5.97 Å². The van der Waals surface area contributed by atoms with Crippen molar-refractivity contribution >= 4 is 23.3 Å². The molecule has 3 rings (SSSR count). The molecule has 0 spiro atoms. The van der Waals surface area contributed by atoms with Gasteiger partial charge in [0, 0.05) is 12.1 Å². The highest BCUT2D eigenvalue weighted by molar-refractivity contribution is 6.04. The quantitative estimate of drug-likeness (QED) is 0.854. The second kappa shape index (κ2) is 5.89. The SMILES string of the molecule is COC(=O)c1ccccc1NC(=O)C1Cc2ccccc2N1. The Balaban J connectivity index is 1.75. The Hall–Kier alpha value is -2.82. The summed E-state index contributed by atoms with van der Waals surface area (Å²) in [6, 6.07) is 14.3. The van der Waals surface area contributed by atoms with Gasteiger partial charge in [0.15, 0.2) is 0 Å². The third-order valence-corrected chi connectivity index (χ3v) is 3.68. The van der Waals surface area contributed by atoms with E-state index in [0.717, 1.165) is 11.3 Å². The van der Waals surface area contributed by atoms with Gasteiger partial charge in [-0.15, -0.1) is 0 Å². The van der Waals surface area contributed by atoms with Crippen LogP contribution in [0.2, 0.25) is 0 Å². The highest BCUT2D eigenvalue weighted by Gasteiger charge is 2.27. The van der Waals surface area contributed by atoms with Gasteiger partial charge in [-0.1, -0.05) is 30.3 Å². The summed E-state index contributed by atoms with van der Waals surface area (Å²) >= 11 is 0. The number of carbonyl (C=O) groups is 2. The first-order chi connectivity index (χ1) is 10.7. The number of benzene rings is 2. The molecule has 1 atom stereocenters. The summed E-state index contributed by atoms with van der Waals surface area (Å²) in [5.74, 6) is -0.647. The standard InChI is InChI=1S/C17H16N2O3/c1-22-17(21)12-7-3-5-9-14(12)19-16(20)15-10-11-6-2-4-8-13(11)18-15/h2-9,15,18H,10H2,1H3,(H,19,20). The number of methoxy groups -OCH3 is 1. The third kappa shape index (κ3) is 2.65. The zero-order valence-electron chi connectivity index (χ0n) is 12.1. The average molecular weight is 296 g/mol. The van der Waals surface area contributed by atoms with E-state index in [1.165, 1.54) is 7.11 Å². The molecule has 2 aromatic carbocycles. The summed E-state index contributed by atoms with van der Waals surface area (Å²) < 4.78 is 4.73. The molecular formula is C17H16N2O3. The number of para-hydroxylation sites is 2. The number of anilines is 2. The molecule has 1 unspecified atom stereocenters. The van der Waals surface area contributed by atoms with Crippen LogP contribution in [-0.2, 0) is 16.0 Å². The van der Waals surface area contributed by atoms with Crippen LogP contribution in [0.25, 0.3) is 0 Å². The maximum atomic E-state index is 12.4. The van der Waals surface area contributed by atoms with Crippen LogP contribution in [-0.4, -0.2) is 25.0 Å². The first-order valence-electron chi connectivity index (χ1n) is 7.01. The van der Waals surface area contributed by atoms with E-state index in [4.69, 9.17) is 4.74 Å². The van der Waals surface area contributed by atoms with Gasteiger partial charge in [-0.05, 0) is 23.8 Å². The summed E-state index contributed by atoms with van der Waals surface area (Å²) in [7, 11) is 1.32. The van der Waals surface area contributed by atoms with Crippen molar-refractivity contribution in [2.75, 3.05) is 17.7 Å². The number of nitrogens with one attached hydrogen (secondary N) is 2. The van der Waals surface area contributed by atoms with Gasteiger partial charge in [-0.2, -0.15) is 0 Å². The molecule has 1 aliphatic rings. The van der Waals surface area contributed by atoms with Crippen molar-refractivity contribution in [3.8, 4) is 0 Å². The number of hydrogen-bond donors (Lipinski definition) is 2. The largest absolute Gasteiger partial charge is 0.465 e. The minimum absolute atomic E-state index is 0.174. The van der Waals surface area contributed by atoms with Gasteiger partial charge in [0.2, 0.25) is 5.91 Å². The predicted octanol–water partition coefficient (Wildman–Crippen LogP) is 2.45. The van der Waals surface area contributed by atoms with Crippen molar-refractivity contribution in [2.24, 2.45) is 0 Å². The predicted molar refractivity (Wildman–Crippen MR) is 84.0 cm³/mol. The van der Waals surface area contributed by atoms with Gasteiger partial charge in [0.1, 0.15) is 6.04 Å². The Morgan fingerprint density at radius 1 is 1.14 bits per heavy atom. The van der Waals surface area contributed by atoms with Crippen molar-refractivity contribution in [3.05, 3.63) is 59.7 Å². The van der Waals surface area contributed by atoms with Gasteiger partial charge in [-0.25, -0.2) is 4.79 Å². The molecule has 1 heterocycles. The molecule has 0 fully saturated rings. The Labute approximate surface area is 128 Å². The van der Waals surface area contributed by atoms with Crippen molar-refractivity contribution in [1.29, 1.82) is 0 Å². The lowest BCUT2D eigenvalue weighted by atomic mass is 10.1. The second-order valence-electron chi connectivity index (χ2n) is 5.08. The monoisotopic (exact) mass is 296 g/mol. The maximum Gasteiger partial charge on any atom is 0.339 e. The van der Waals surface area contributed by atoms with Crippen molar-refractivity contribution < 1.29 is 14.3 Å². The molecule has 2 N–H and O–H groups in total. The van der Waals surface area contributed by atoms with Crippen LogP contribution in [0.15, 0.2) is 48.5 Å². The van der Waals surface area contributed by atoms with Crippen LogP contribution in [0.4, 0.5) is 11.4 Å². The van der Waals surface area contributed by atoms with E-state index in [2.05, 4.69) is 10.6 Å². The normalized spacial score (nSPS) is 15.6. The molecular weight excluding hydrogens is 280 g/mol. The summed E-state index contributed by atoms with van der Waals surface area (Å²) in [5, 5.41) is 5.99. The lowest BCUT2D eigenvalue weighted by molar-refractivity contribution is -0.116. The first-order valence-corrected chi connectivity index (χ1v) is 7.01. The first kappa shape index (κ1) is 14.1. The lowest BCUT2D eigenvalue weighted by Crippen LogP contribution is -2.33. The van der Waals surface area contributed by atoms with Gasteiger partial charge < -0.3 is 15.4 Å². The van der Waals surface area contributed by atoms with Gasteiger partial charge >= 0.3 is 5.97 Å². The Bertz CT molecular complexity index is 702. The molecule has 0 aliphatic carbocycles. The van der Waals surface area contributed by atoms with Crippen LogP contribution in [0.1, 0.15) is 15.9 Å². The molecule has 112 valence electrons. The van der Waals surface area contributed by atoms with Crippen molar-refractivity contribution in [2.45, 2.75) is 12.5 Å². The highest BCUT2D eigenvalue weighted by atomic mass is 16.5. The molecule has 5 nitrogen and oxygen atoms in total. The summed E-state index contributed by atoms with van der Waals surface area (Å²) in [4.78, 5) is 24.1. The lowest BCUT2D eigenvalue weighted by Gasteiger charge is -2.14. The maximum absolute atomic E-state index is 12.4. The number of hydrogen-bond acceptors (Lipinski definition) is 4. The second-order valence-corrected chi connectivity index (χ2v) is 5.08. The van der Waals surface area contributed by atoms with E-state index in [1.807, 2.05) is 24.3 Å². The number of fused-ring (bicyclic) bond motifs is 1.